The van der Waals surface area contributed by atoms with Crippen LogP contribution >= 0.6 is 0 Å². The molecule has 0 radical (unpaired) electrons. The van der Waals surface area contributed by atoms with E-state index in [9.17, 15) is 4.79 Å². The van der Waals surface area contributed by atoms with E-state index in [0.717, 1.165) is 25.2 Å². The molecule has 1 aliphatic rings. The number of carbonyl (C=O) groups excluding carboxylic acids is 1. The fourth-order valence-corrected chi connectivity index (χ4v) is 2.30. The SMILES string of the molecule is COc1ccc(NC(=O)CCC2CCNCC2)cn1. The quantitative estimate of drug-likeness (QED) is 0.850. The van der Waals surface area contributed by atoms with Gasteiger partial charge in [-0.25, -0.2) is 4.98 Å². The number of rotatable bonds is 5. The molecule has 1 amide bonds. The molecule has 1 aromatic heterocycles. The van der Waals surface area contributed by atoms with Gasteiger partial charge in [-0.15, -0.1) is 0 Å². The first-order chi connectivity index (χ1) is 9.28. The first-order valence-electron chi connectivity index (χ1n) is 6.78. The monoisotopic (exact) mass is 263 g/mol. The molecule has 1 fully saturated rings. The van der Waals surface area contributed by atoms with Crippen LogP contribution in [-0.4, -0.2) is 31.1 Å². The maximum atomic E-state index is 11.8. The number of pyridine rings is 1. The highest BCUT2D eigenvalue weighted by Gasteiger charge is 2.14. The van der Waals surface area contributed by atoms with Crippen LogP contribution in [0.3, 0.4) is 0 Å². The van der Waals surface area contributed by atoms with Crippen molar-refractivity contribution in [3.8, 4) is 5.88 Å². The van der Waals surface area contributed by atoms with E-state index in [-0.39, 0.29) is 5.91 Å². The van der Waals surface area contributed by atoms with E-state index in [0.29, 0.717) is 18.2 Å². The normalized spacial score (nSPS) is 16.1. The van der Waals surface area contributed by atoms with E-state index in [1.807, 2.05) is 0 Å². The minimum Gasteiger partial charge on any atom is -0.481 e. The van der Waals surface area contributed by atoms with Crippen LogP contribution in [0.2, 0.25) is 0 Å². The molecule has 5 heteroatoms. The molecule has 0 saturated carbocycles. The molecule has 19 heavy (non-hydrogen) atoms. The van der Waals surface area contributed by atoms with Gasteiger partial charge < -0.3 is 15.4 Å². The lowest BCUT2D eigenvalue weighted by Gasteiger charge is -2.22. The number of aromatic nitrogens is 1. The van der Waals surface area contributed by atoms with E-state index in [1.54, 1.807) is 25.4 Å². The third-order valence-electron chi connectivity index (χ3n) is 3.47. The smallest absolute Gasteiger partial charge is 0.224 e. The lowest BCUT2D eigenvalue weighted by Crippen LogP contribution is -2.28. The standard InChI is InChI=1S/C14H21N3O2/c1-19-14-5-3-12(10-16-14)17-13(18)4-2-11-6-8-15-9-7-11/h3,5,10-11,15H,2,4,6-9H2,1H3,(H,17,18). The van der Waals surface area contributed by atoms with Crippen molar-refractivity contribution in [3.63, 3.8) is 0 Å². The van der Waals surface area contributed by atoms with Gasteiger partial charge in [-0.1, -0.05) is 0 Å². The van der Waals surface area contributed by atoms with Crippen molar-refractivity contribution in [3.05, 3.63) is 18.3 Å². The predicted molar refractivity (Wildman–Crippen MR) is 74.2 cm³/mol. The van der Waals surface area contributed by atoms with Gasteiger partial charge in [-0.3, -0.25) is 4.79 Å². The summed E-state index contributed by atoms with van der Waals surface area (Å²) in [6.07, 6.45) is 5.52. The van der Waals surface area contributed by atoms with Crippen molar-refractivity contribution < 1.29 is 9.53 Å². The van der Waals surface area contributed by atoms with Crippen LogP contribution in [0.4, 0.5) is 5.69 Å². The summed E-state index contributed by atoms with van der Waals surface area (Å²) in [7, 11) is 1.57. The average molecular weight is 263 g/mol. The van der Waals surface area contributed by atoms with Gasteiger partial charge >= 0.3 is 0 Å². The molecule has 0 unspecified atom stereocenters. The third-order valence-corrected chi connectivity index (χ3v) is 3.47. The van der Waals surface area contributed by atoms with Crippen LogP contribution in [0, 0.1) is 5.92 Å². The fraction of sp³-hybridized carbons (Fsp3) is 0.571. The highest BCUT2D eigenvalue weighted by atomic mass is 16.5. The Morgan fingerprint density at radius 1 is 1.47 bits per heavy atom. The second kappa shape index (κ2) is 7.09. The molecule has 2 heterocycles. The number of amides is 1. The molecule has 104 valence electrons. The van der Waals surface area contributed by atoms with Gasteiger partial charge in [0, 0.05) is 12.5 Å². The predicted octanol–water partition coefficient (Wildman–Crippen LogP) is 1.81. The minimum atomic E-state index is 0.0606. The topological polar surface area (TPSA) is 63.2 Å². The number of hydrogen-bond donors (Lipinski definition) is 2. The molecular weight excluding hydrogens is 242 g/mol. The largest absolute Gasteiger partial charge is 0.481 e. The van der Waals surface area contributed by atoms with Gasteiger partial charge in [0.2, 0.25) is 11.8 Å². The summed E-state index contributed by atoms with van der Waals surface area (Å²) in [5.41, 5.74) is 0.719. The summed E-state index contributed by atoms with van der Waals surface area (Å²) in [6, 6.07) is 3.54. The Hall–Kier alpha value is -1.62. The number of nitrogens with zero attached hydrogens (tertiary/aromatic N) is 1. The number of hydrogen-bond acceptors (Lipinski definition) is 4. The van der Waals surface area contributed by atoms with Crippen molar-refractivity contribution in [1.82, 2.24) is 10.3 Å². The van der Waals surface area contributed by atoms with Crippen molar-refractivity contribution in [2.45, 2.75) is 25.7 Å². The fourth-order valence-electron chi connectivity index (χ4n) is 2.30. The highest BCUT2D eigenvalue weighted by Crippen LogP contribution is 2.18. The molecule has 1 saturated heterocycles. The third kappa shape index (κ3) is 4.52. The first kappa shape index (κ1) is 13.8. The maximum absolute atomic E-state index is 11.8. The summed E-state index contributed by atoms with van der Waals surface area (Å²) in [6.45, 7) is 2.16. The van der Waals surface area contributed by atoms with Gasteiger partial charge in [0.25, 0.3) is 0 Å². The minimum absolute atomic E-state index is 0.0606. The number of nitrogens with one attached hydrogen (secondary N) is 2. The van der Waals surface area contributed by atoms with E-state index in [2.05, 4.69) is 15.6 Å². The molecule has 2 rings (SSSR count). The number of piperidine rings is 1. The first-order valence-corrected chi connectivity index (χ1v) is 6.78. The Labute approximate surface area is 113 Å². The second-order valence-electron chi connectivity index (χ2n) is 4.87. The molecule has 2 N–H and O–H groups in total. The Morgan fingerprint density at radius 3 is 2.89 bits per heavy atom. The van der Waals surface area contributed by atoms with Gasteiger partial charge in [-0.05, 0) is 44.3 Å². The Kier molecular flexibility index (Phi) is 5.15. The number of carbonyl (C=O) groups is 1. The molecule has 0 aliphatic carbocycles. The summed E-state index contributed by atoms with van der Waals surface area (Å²) in [4.78, 5) is 15.9. The maximum Gasteiger partial charge on any atom is 0.224 e. The number of anilines is 1. The average Bonchev–Trinajstić information content (AvgIpc) is 2.47. The van der Waals surface area contributed by atoms with Crippen molar-refractivity contribution in [2.24, 2.45) is 5.92 Å². The van der Waals surface area contributed by atoms with Crippen molar-refractivity contribution >= 4 is 11.6 Å². The van der Waals surface area contributed by atoms with Crippen LogP contribution in [0.25, 0.3) is 0 Å². The molecular formula is C14H21N3O2. The van der Waals surface area contributed by atoms with Crippen LogP contribution < -0.4 is 15.4 Å². The zero-order valence-corrected chi connectivity index (χ0v) is 11.3. The Bertz CT molecular complexity index is 400. The van der Waals surface area contributed by atoms with Crippen molar-refractivity contribution in [1.29, 1.82) is 0 Å². The van der Waals surface area contributed by atoms with Crippen molar-refractivity contribution in [2.75, 3.05) is 25.5 Å². The highest BCUT2D eigenvalue weighted by molar-refractivity contribution is 5.90. The molecule has 0 bridgehead atoms. The van der Waals surface area contributed by atoms with Gasteiger partial charge in [0.1, 0.15) is 0 Å². The molecule has 5 nitrogen and oxygen atoms in total. The molecule has 1 aliphatic heterocycles. The molecule has 0 aromatic carbocycles. The zero-order chi connectivity index (χ0) is 13.5. The molecule has 0 spiro atoms. The van der Waals surface area contributed by atoms with E-state index in [4.69, 9.17) is 4.74 Å². The summed E-state index contributed by atoms with van der Waals surface area (Å²) in [5, 5.41) is 6.19. The number of ether oxygens (including phenoxy) is 1. The van der Waals surface area contributed by atoms with Crippen LogP contribution in [-0.2, 0) is 4.79 Å². The summed E-state index contributed by atoms with van der Waals surface area (Å²) < 4.78 is 4.97. The van der Waals surface area contributed by atoms with Crippen LogP contribution in [0.5, 0.6) is 5.88 Å². The Balaban J connectivity index is 1.73. The molecule has 1 aromatic rings. The second-order valence-corrected chi connectivity index (χ2v) is 4.87. The van der Waals surface area contributed by atoms with Gasteiger partial charge in [0.05, 0.1) is 19.0 Å². The van der Waals surface area contributed by atoms with Crippen LogP contribution in [0.15, 0.2) is 18.3 Å². The summed E-state index contributed by atoms with van der Waals surface area (Å²) >= 11 is 0. The van der Waals surface area contributed by atoms with Gasteiger partial charge in [-0.2, -0.15) is 0 Å². The van der Waals surface area contributed by atoms with E-state index in [1.165, 1.54) is 12.8 Å². The Morgan fingerprint density at radius 2 is 2.26 bits per heavy atom. The number of methoxy groups -OCH3 is 1. The summed E-state index contributed by atoms with van der Waals surface area (Å²) in [5.74, 6) is 1.29. The molecule has 0 atom stereocenters. The van der Waals surface area contributed by atoms with Crippen LogP contribution in [0.1, 0.15) is 25.7 Å². The van der Waals surface area contributed by atoms with E-state index < -0.39 is 0 Å². The van der Waals surface area contributed by atoms with Gasteiger partial charge in [0.15, 0.2) is 0 Å². The lowest BCUT2D eigenvalue weighted by molar-refractivity contribution is -0.116. The van der Waals surface area contributed by atoms with E-state index >= 15 is 0 Å². The zero-order valence-electron chi connectivity index (χ0n) is 11.3. The lowest BCUT2D eigenvalue weighted by atomic mass is 9.93.